The zero-order valence-corrected chi connectivity index (χ0v) is 15.5. The van der Waals surface area contributed by atoms with Crippen LogP contribution in [0, 0.1) is 11.8 Å². The van der Waals surface area contributed by atoms with Gasteiger partial charge in [-0.3, -0.25) is 0 Å². The molecule has 0 fully saturated rings. The fraction of sp³-hybridized carbons (Fsp3) is 0.261. The summed E-state index contributed by atoms with van der Waals surface area (Å²) in [7, 11) is 0. The highest BCUT2D eigenvalue weighted by Crippen LogP contribution is 2.18. The number of para-hydroxylation sites is 1. The third-order valence-electron chi connectivity index (χ3n) is 3.87. The number of nitrogens with one attached hydrogen (secondary N) is 2. The van der Waals surface area contributed by atoms with Crippen LogP contribution in [-0.4, -0.2) is 25.7 Å². The first kappa shape index (κ1) is 20.1. The number of amides is 2. The van der Waals surface area contributed by atoms with Crippen LogP contribution in [0.4, 0.5) is 4.79 Å². The summed E-state index contributed by atoms with van der Waals surface area (Å²) in [6, 6.07) is 17.9. The predicted octanol–water partition coefficient (Wildman–Crippen LogP) is 3.73. The lowest BCUT2D eigenvalue weighted by Gasteiger charge is -2.07. The fourth-order valence-corrected chi connectivity index (χ4v) is 2.52. The molecule has 0 spiro atoms. The van der Waals surface area contributed by atoms with Crippen molar-refractivity contribution in [2.75, 3.05) is 19.7 Å². The van der Waals surface area contributed by atoms with Gasteiger partial charge in [0.25, 0.3) is 0 Å². The van der Waals surface area contributed by atoms with Crippen molar-refractivity contribution in [3.8, 4) is 17.6 Å². The van der Waals surface area contributed by atoms with E-state index in [0.717, 1.165) is 30.6 Å². The van der Waals surface area contributed by atoms with E-state index in [0.29, 0.717) is 13.1 Å². The molecule has 2 aromatic rings. The standard InChI is InChI=1S/C23H26N2O2/c1-2-11-21-15-6-7-16-22(21)27-19-9-8-17-24-23(26)25-18-10-14-20-12-4-3-5-13-20/h2-7,12-13,15-16H,1,10-11,14,17-19H2,(H2,24,25,26). The number of carbonyl (C=O) groups excluding carboxylic acids is 1. The summed E-state index contributed by atoms with van der Waals surface area (Å²) >= 11 is 0. The molecule has 0 saturated heterocycles. The molecule has 0 saturated carbocycles. The molecule has 0 heterocycles. The number of hydrogen-bond donors (Lipinski definition) is 2. The number of rotatable bonds is 9. The fourth-order valence-electron chi connectivity index (χ4n) is 2.52. The van der Waals surface area contributed by atoms with Gasteiger partial charge in [0, 0.05) is 6.54 Å². The van der Waals surface area contributed by atoms with Crippen LogP contribution in [0.1, 0.15) is 17.5 Å². The molecular formula is C23H26N2O2. The molecule has 2 amide bonds. The van der Waals surface area contributed by atoms with E-state index in [1.807, 2.05) is 48.5 Å². The summed E-state index contributed by atoms with van der Waals surface area (Å²) in [4.78, 5) is 11.7. The minimum Gasteiger partial charge on any atom is -0.481 e. The Morgan fingerprint density at radius 1 is 1.04 bits per heavy atom. The molecule has 2 aromatic carbocycles. The Labute approximate surface area is 161 Å². The van der Waals surface area contributed by atoms with Crippen molar-refractivity contribution >= 4 is 6.03 Å². The van der Waals surface area contributed by atoms with E-state index in [9.17, 15) is 4.79 Å². The second-order valence-corrected chi connectivity index (χ2v) is 5.94. The molecule has 4 nitrogen and oxygen atoms in total. The van der Waals surface area contributed by atoms with Gasteiger partial charge in [-0.05, 0) is 36.5 Å². The van der Waals surface area contributed by atoms with Crippen LogP contribution in [0.25, 0.3) is 0 Å². The zero-order valence-electron chi connectivity index (χ0n) is 15.5. The first-order valence-corrected chi connectivity index (χ1v) is 9.12. The summed E-state index contributed by atoms with van der Waals surface area (Å²) in [5, 5.41) is 5.55. The van der Waals surface area contributed by atoms with Crippen LogP contribution >= 0.6 is 0 Å². The quantitative estimate of drug-likeness (QED) is 0.406. The first-order chi connectivity index (χ1) is 13.3. The lowest BCUT2D eigenvalue weighted by Crippen LogP contribution is -2.36. The van der Waals surface area contributed by atoms with E-state index in [-0.39, 0.29) is 12.6 Å². The highest BCUT2D eigenvalue weighted by atomic mass is 16.5. The normalized spacial score (nSPS) is 9.63. The summed E-state index contributed by atoms with van der Waals surface area (Å²) in [5.41, 5.74) is 2.36. The Bertz CT molecular complexity index is 776. The van der Waals surface area contributed by atoms with E-state index in [2.05, 4.69) is 41.2 Å². The molecule has 0 radical (unpaired) electrons. The number of hydrogen-bond acceptors (Lipinski definition) is 2. The van der Waals surface area contributed by atoms with Crippen molar-refractivity contribution in [2.45, 2.75) is 19.3 Å². The third-order valence-corrected chi connectivity index (χ3v) is 3.87. The maximum Gasteiger partial charge on any atom is 0.315 e. The van der Waals surface area contributed by atoms with Crippen molar-refractivity contribution in [1.29, 1.82) is 0 Å². The molecule has 2 N–H and O–H groups in total. The smallest absolute Gasteiger partial charge is 0.315 e. The van der Waals surface area contributed by atoms with Crippen molar-refractivity contribution in [3.63, 3.8) is 0 Å². The predicted molar refractivity (Wildman–Crippen MR) is 110 cm³/mol. The zero-order chi connectivity index (χ0) is 19.2. The van der Waals surface area contributed by atoms with E-state index in [1.165, 1.54) is 5.56 Å². The summed E-state index contributed by atoms with van der Waals surface area (Å²) < 4.78 is 5.67. The number of carbonyl (C=O) groups is 1. The molecule has 140 valence electrons. The number of benzene rings is 2. The lowest BCUT2D eigenvalue weighted by atomic mass is 10.1. The van der Waals surface area contributed by atoms with Gasteiger partial charge in [-0.1, -0.05) is 66.4 Å². The van der Waals surface area contributed by atoms with Gasteiger partial charge in [-0.25, -0.2) is 4.79 Å². The van der Waals surface area contributed by atoms with E-state index < -0.39 is 0 Å². The maximum absolute atomic E-state index is 11.7. The molecule has 0 aliphatic carbocycles. The minimum atomic E-state index is -0.199. The largest absolute Gasteiger partial charge is 0.481 e. The Hall–Kier alpha value is -3.19. The van der Waals surface area contributed by atoms with Gasteiger partial charge in [0.2, 0.25) is 0 Å². The SMILES string of the molecule is C=CCc1ccccc1OCC#CCNC(=O)NCCCc1ccccc1. The number of allylic oxidation sites excluding steroid dienone is 1. The van der Waals surface area contributed by atoms with Gasteiger partial charge in [-0.2, -0.15) is 0 Å². The number of ether oxygens (including phenoxy) is 1. The molecule has 0 aliphatic heterocycles. The Morgan fingerprint density at radius 3 is 2.63 bits per heavy atom. The molecule has 0 aliphatic rings. The van der Waals surface area contributed by atoms with Crippen molar-refractivity contribution in [3.05, 3.63) is 78.4 Å². The average molecular weight is 362 g/mol. The molecule has 0 unspecified atom stereocenters. The molecule has 0 bridgehead atoms. The van der Waals surface area contributed by atoms with Crippen LogP contribution in [0.5, 0.6) is 5.75 Å². The highest BCUT2D eigenvalue weighted by molar-refractivity contribution is 5.74. The highest BCUT2D eigenvalue weighted by Gasteiger charge is 2.00. The second-order valence-electron chi connectivity index (χ2n) is 5.94. The van der Waals surface area contributed by atoms with Gasteiger partial charge in [0.05, 0.1) is 6.54 Å². The maximum atomic E-state index is 11.7. The van der Waals surface area contributed by atoms with Crippen molar-refractivity contribution in [2.24, 2.45) is 0 Å². The van der Waals surface area contributed by atoms with Crippen molar-refractivity contribution in [1.82, 2.24) is 10.6 Å². The summed E-state index contributed by atoms with van der Waals surface area (Å²) in [5.74, 6) is 6.61. The Morgan fingerprint density at radius 2 is 1.81 bits per heavy atom. The number of urea groups is 1. The summed E-state index contributed by atoms with van der Waals surface area (Å²) in [6.45, 7) is 4.96. The third kappa shape index (κ3) is 8.15. The van der Waals surface area contributed by atoms with Gasteiger partial charge < -0.3 is 15.4 Å². The van der Waals surface area contributed by atoms with E-state index >= 15 is 0 Å². The van der Waals surface area contributed by atoms with Crippen molar-refractivity contribution < 1.29 is 9.53 Å². The molecule has 2 rings (SSSR count). The average Bonchev–Trinajstić information content (AvgIpc) is 2.70. The van der Waals surface area contributed by atoms with Gasteiger partial charge in [0.15, 0.2) is 0 Å². The van der Waals surface area contributed by atoms with E-state index in [1.54, 1.807) is 0 Å². The van der Waals surface area contributed by atoms with E-state index in [4.69, 9.17) is 4.74 Å². The van der Waals surface area contributed by atoms with Crippen LogP contribution < -0.4 is 15.4 Å². The van der Waals surface area contributed by atoms with Crippen LogP contribution in [0.3, 0.4) is 0 Å². The summed E-state index contributed by atoms with van der Waals surface area (Å²) in [6.07, 6.45) is 4.46. The van der Waals surface area contributed by atoms with Gasteiger partial charge >= 0.3 is 6.03 Å². The lowest BCUT2D eigenvalue weighted by molar-refractivity contribution is 0.242. The second kappa shape index (κ2) is 12.2. The minimum absolute atomic E-state index is 0.199. The molecule has 0 aromatic heterocycles. The molecule has 27 heavy (non-hydrogen) atoms. The first-order valence-electron chi connectivity index (χ1n) is 9.12. The van der Waals surface area contributed by atoms with Gasteiger partial charge in [0.1, 0.15) is 12.4 Å². The molecule has 4 heteroatoms. The topological polar surface area (TPSA) is 50.4 Å². The Balaban J connectivity index is 1.57. The van der Waals surface area contributed by atoms with Crippen LogP contribution in [0.2, 0.25) is 0 Å². The van der Waals surface area contributed by atoms with Crippen LogP contribution in [0.15, 0.2) is 67.3 Å². The van der Waals surface area contributed by atoms with Crippen LogP contribution in [-0.2, 0) is 12.8 Å². The number of aryl methyl sites for hydroxylation is 1. The Kier molecular flexibility index (Phi) is 9.10. The molecule has 0 atom stereocenters. The molecular weight excluding hydrogens is 336 g/mol. The van der Waals surface area contributed by atoms with Gasteiger partial charge in [-0.15, -0.1) is 6.58 Å². The monoisotopic (exact) mass is 362 g/mol.